The van der Waals surface area contributed by atoms with Crippen LogP contribution in [0.5, 0.6) is 0 Å². The summed E-state index contributed by atoms with van der Waals surface area (Å²) in [6.07, 6.45) is 0. The van der Waals surface area contributed by atoms with E-state index in [9.17, 15) is 9.18 Å². The fraction of sp³-hybridized carbons (Fsp3) is 0.150. The lowest BCUT2D eigenvalue weighted by Gasteiger charge is -2.01. The molecule has 2 heterocycles. The molecule has 4 aromatic rings. The van der Waals surface area contributed by atoms with Gasteiger partial charge in [-0.05, 0) is 43.7 Å². The number of ether oxygens (including phenoxy) is 1. The van der Waals surface area contributed by atoms with Crippen LogP contribution in [0.1, 0.15) is 26.7 Å². The summed E-state index contributed by atoms with van der Waals surface area (Å²) in [5.74, 6) is -0.321. The second-order valence-electron chi connectivity index (χ2n) is 6.12. The topological polar surface area (TPSA) is 65.2 Å². The molecule has 7 heteroatoms. The first kappa shape index (κ1) is 17.4. The van der Waals surface area contributed by atoms with E-state index in [1.54, 1.807) is 19.1 Å². The number of nitrogens with zero attached hydrogens (tertiary/aromatic N) is 2. The van der Waals surface area contributed by atoms with Crippen LogP contribution in [0.2, 0.25) is 0 Å². The Labute approximate surface area is 158 Å². The van der Waals surface area contributed by atoms with Crippen molar-refractivity contribution in [3.05, 3.63) is 70.2 Å². The average Bonchev–Trinajstić information content (AvgIpc) is 3.25. The molecule has 2 aromatic heterocycles. The van der Waals surface area contributed by atoms with Gasteiger partial charge < -0.3 is 9.15 Å². The molecule has 0 bridgehead atoms. The molecule has 0 radical (unpaired) electrons. The van der Waals surface area contributed by atoms with Crippen LogP contribution in [0.3, 0.4) is 0 Å². The van der Waals surface area contributed by atoms with Gasteiger partial charge in [0.1, 0.15) is 10.7 Å². The normalized spacial score (nSPS) is 11.1. The third-order valence-electron chi connectivity index (χ3n) is 4.15. The highest BCUT2D eigenvalue weighted by atomic mass is 32.1. The van der Waals surface area contributed by atoms with E-state index in [0.717, 1.165) is 11.1 Å². The average molecular weight is 382 g/mol. The molecule has 4 rings (SSSR count). The Morgan fingerprint density at radius 3 is 2.78 bits per heavy atom. The Morgan fingerprint density at radius 1 is 1.19 bits per heavy atom. The van der Waals surface area contributed by atoms with Crippen LogP contribution in [0.4, 0.5) is 4.39 Å². The van der Waals surface area contributed by atoms with Crippen molar-refractivity contribution in [3.8, 4) is 11.5 Å². The van der Waals surface area contributed by atoms with Gasteiger partial charge in [0.25, 0.3) is 5.89 Å². The first-order valence-electron chi connectivity index (χ1n) is 8.27. The molecular weight excluding hydrogens is 367 g/mol. The largest absolute Gasteiger partial charge is 0.451 e. The van der Waals surface area contributed by atoms with Crippen molar-refractivity contribution in [3.63, 3.8) is 0 Å². The monoisotopic (exact) mass is 382 g/mol. The van der Waals surface area contributed by atoms with Crippen molar-refractivity contribution in [1.29, 1.82) is 0 Å². The van der Waals surface area contributed by atoms with Crippen LogP contribution in [0.25, 0.3) is 21.5 Å². The molecule has 0 aliphatic heterocycles. The van der Waals surface area contributed by atoms with Crippen molar-refractivity contribution in [2.45, 2.75) is 20.5 Å². The minimum atomic E-state index is -0.539. The summed E-state index contributed by atoms with van der Waals surface area (Å²) in [6, 6.07) is 12.4. The Morgan fingerprint density at radius 2 is 2.00 bits per heavy atom. The van der Waals surface area contributed by atoms with E-state index in [2.05, 4.69) is 10.2 Å². The molecule has 0 saturated carbocycles. The van der Waals surface area contributed by atoms with Gasteiger partial charge in [-0.1, -0.05) is 23.8 Å². The molecule has 27 heavy (non-hydrogen) atoms. The summed E-state index contributed by atoms with van der Waals surface area (Å²) in [4.78, 5) is 12.8. The summed E-state index contributed by atoms with van der Waals surface area (Å²) in [7, 11) is 0. The fourth-order valence-electron chi connectivity index (χ4n) is 2.85. The third kappa shape index (κ3) is 3.33. The maximum Gasteiger partial charge on any atom is 0.349 e. The molecular formula is C20H15FN2O3S. The Balaban J connectivity index is 1.50. The number of hydrogen-bond donors (Lipinski definition) is 0. The second-order valence-corrected chi connectivity index (χ2v) is 7.17. The van der Waals surface area contributed by atoms with Gasteiger partial charge in [-0.3, -0.25) is 0 Å². The lowest BCUT2D eigenvalue weighted by Crippen LogP contribution is -2.05. The van der Waals surface area contributed by atoms with E-state index < -0.39 is 5.97 Å². The summed E-state index contributed by atoms with van der Waals surface area (Å²) in [6.45, 7) is 3.54. The van der Waals surface area contributed by atoms with Gasteiger partial charge in [0, 0.05) is 15.6 Å². The number of carbonyl (C=O) groups is 1. The predicted molar refractivity (Wildman–Crippen MR) is 100 cm³/mol. The van der Waals surface area contributed by atoms with Crippen molar-refractivity contribution in [1.82, 2.24) is 10.2 Å². The van der Waals surface area contributed by atoms with Crippen LogP contribution in [-0.2, 0) is 11.3 Å². The smallest absolute Gasteiger partial charge is 0.349 e. The van der Waals surface area contributed by atoms with Gasteiger partial charge in [-0.15, -0.1) is 21.5 Å². The number of rotatable bonds is 4. The van der Waals surface area contributed by atoms with Gasteiger partial charge in [0.15, 0.2) is 6.61 Å². The van der Waals surface area contributed by atoms with Crippen molar-refractivity contribution < 1.29 is 18.3 Å². The highest BCUT2D eigenvalue weighted by Crippen LogP contribution is 2.33. The molecule has 0 saturated heterocycles. The van der Waals surface area contributed by atoms with Gasteiger partial charge >= 0.3 is 5.97 Å². The molecule has 0 N–H and O–H groups in total. The number of benzene rings is 2. The molecule has 0 aliphatic carbocycles. The summed E-state index contributed by atoms with van der Waals surface area (Å²) in [5.41, 5.74) is 2.45. The highest BCUT2D eigenvalue weighted by molar-refractivity contribution is 7.21. The molecule has 136 valence electrons. The van der Waals surface area contributed by atoms with Crippen molar-refractivity contribution >= 4 is 27.4 Å². The Hall–Kier alpha value is -3.06. The van der Waals surface area contributed by atoms with Crippen LogP contribution < -0.4 is 0 Å². The fourth-order valence-corrected chi connectivity index (χ4v) is 3.96. The standard InChI is InChI=1S/C20H15FN2O3S/c1-11-5-3-6-13(9-11)19-23-22-16(26-19)10-25-20(24)18-12(2)17-14(21)7-4-8-15(17)27-18/h3-9H,10H2,1-2H3. The van der Waals surface area contributed by atoms with Crippen molar-refractivity contribution in [2.75, 3.05) is 0 Å². The highest BCUT2D eigenvalue weighted by Gasteiger charge is 2.20. The number of thiophene rings is 1. The number of hydrogen-bond acceptors (Lipinski definition) is 6. The minimum absolute atomic E-state index is 0.145. The maximum atomic E-state index is 14.0. The zero-order valence-corrected chi connectivity index (χ0v) is 15.5. The molecule has 2 aromatic carbocycles. The summed E-state index contributed by atoms with van der Waals surface area (Å²) < 4.78 is 25.5. The van der Waals surface area contributed by atoms with Gasteiger partial charge in [-0.25, -0.2) is 9.18 Å². The third-order valence-corrected chi connectivity index (χ3v) is 5.38. The van der Waals surface area contributed by atoms with Crippen LogP contribution in [0.15, 0.2) is 46.9 Å². The summed E-state index contributed by atoms with van der Waals surface area (Å²) >= 11 is 1.20. The molecule has 0 aliphatic rings. The predicted octanol–water partition coefficient (Wildman–Crippen LogP) is 5.06. The number of carbonyl (C=O) groups excluding carboxylic acids is 1. The molecule has 0 fully saturated rings. The second kappa shape index (κ2) is 6.92. The molecule has 0 unspecified atom stereocenters. The lowest BCUT2D eigenvalue weighted by atomic mass is 10.1. The quantitative estimate of drug-likeness (QED) is 0.461. The van der Waals surface area contributed by atoms with E-state index >= 15 is 0 Å². The first-order chi connectivity index (χ1) is 13.0. The SMILES string of the molecule is Cc1cccc(-c2nnc(COC(=O)c3sc4cccc(F)c4c3C)o2)c1. The van der Waals surface area contributed by atoms with E-state index in [1.165, 1.54) is 17.4 Å². The molecule has 5 nitrogen and oxygen atoms in total. The summed E-state index contributed by atoms with van der Waals surface area (Å²) in [5, 5.41) is 8.36. The zero-order valence-electron chi connectivity index (χ0n) is 14.7. The number of halogens is 1. The van der Waals surface area contributed by atoms with Gasteiger partial charge in [-0.2, -0.15) is 0 Å². The van der Waals surface area contributed by atoms with Crippen molar-refractivity contribution in [2.24, 2.45) is 0 Å². The first-order valence-corrected chi connectivity index (χ1v) is 9.09. The Kier molecular flexibility index (Phi) is 4.45. The molecule has 0 spiro atoms. The number of fused-ring (bicyclic) bond motifs is 1. The van der Waals surface area contributed by atoms with E-state index in [1.807, 2.05) is 31.2 Å². The number of esters is 1. The van der Waals surface area contributed by atoms with E-state index in [4.69, 9.17) is 9.15 Å². The lowest BCUT2D eigenvalue weighted by molar-refractivity contribution is 0.0444. The van der Waals surface area contributed by atoms with Crippen LogP contribution in [0, 0.1) is 19.7 Å². The molecule has 0 amide bonds. The van der Waals surface area contributed by atoms with Gasteiger partial charge in [0.2, 0.25) is 5.89 Å². The van der Waals surface area contributed by atoms with Gasteiger partial charge in [0.05, 0.1) is 0 Å². The Bertz CT molecular complexity index is 1150. The van der Waals surface area contributed by atoms with E-state index in [-0.39, 0.29) is 18.3 Å². The number of aromatic nitrogens is 2. The zero-order chi connectivity index (χ0) is 19.0. The van der Waals surface area contributed by atoms with E-state index in [0.29, 0.717) is 26.4 Å². The minimum Gasteiger partial charge on any atom is -0.451 e. The molecule has 0 atom stereocenters. The number of aryl methyl sites for hydroxylation is 2. The maximum absolute atomic E-state index is 14.0. The van der Waals surface area contributed by atoms with Crippen LogP contribution >= 0.6 is 11.3 Å². The van der Waals surface area contributed by atoms with Crippen LogP contribution in [-0.4, -0.2) is 16.2 Å².